The summed E-state index contributed by atoms with van der Waals surface area (Å²) in [6, 6.07) is 4.29. The minimum atomic E-state index is -0.372. The summed E-state index contributed by atoms with van der Waals surface area (Å²) >= 11 is 0. The molecule has 1 aromatic heterocycles. The zero-order valence-corrected chi connectivity index (χ0v) is 12.5. The Morgan fingerprint density at radius 3 is 2.95 bits per heavy atom. The largest absolute Gasteiger partial charge is 0.342 e. The van der Waals surface area contributed by atoms with Crippen LogP contribution >= 0.6 is 0 Å². The first-order valence-electron chi connectivity index (χ1n) is 7.20. The number of anilines is 1. The van der Waals surface area contributed by atoms with E-state index in [1.807, 2.05) is 6.92 Å². The molecular weight excluding hydrogens is 287 g/mol. The van der Waals surface area contributed by atoms with Crippen LogP contribution in [0.1, 0.15) is 13.3 Å². The van der Waals surface area contributed by atoms with Gasteiger partial charge in [-0.1, -0.05) is 0 Å². The van der Waals surface area contributed by atoms with Gasteiger partial charge in [0.25, 0.3) is 0 Å². The summed E-state index contributed by atoms with van der Waals surface area (Å²) in [5, 5.41) is 2.74. The van der Waals surface area contributed by atoms with Crippen molar-refractivity contribution in [2.24, 2.45) is 13.0 Å². The topological polar surface area (TPSA) is 67.2 Å². The molecule has 0 spiro atoms. The van der Waals surface area contributed by atoms with Crippen LogP contribution in [-0.4, -0.2) is 39.4 Å². The lowest BCUT2D eigenvalue weighted by molar-refractivity contribution is -0.128. The molecule has 0 saturated carbocycles. The second-order valence-corrected chi connectivity index (χ2v) is 5.45. The van der Waals surface area contributed by atoms with Gasteiger partial charge in [-0.15, -0.1) is 0 Å². The number of imidazole rings is 1. The fourth-order valence-electron chi connectivity index (χ4n) is 2.75. The Labute approximate surface area is 126 Å². The molecule has 0 aliphatic carbocycles. The number of halogens is 1. The summed E-state index contributed by atoms with van der Waals surface area (Å²) in [6.45, 7) is 2.92. The molecule has 1 fully saturated rings. The van der Waals surface area contributed by atoms with Crippen LogP contribution in [0.4, 0.5) is 10.3 Å². The maximum Gasteiger partial charge on any atom is 0.232 e. The number of carbonyl (C=O) groups excluding carboxylic acids is 2. The van der Waals surface area contributed by atoms with E-state index in [4.69, 9.17) is 0 Å². The van der Waals surface area contributed by atoms with Gasteiger partial charge in [-0.3, -0.25) is 14.9 Å². The van der Waals surface area contributed by atoms with Crippen LogP contribution in [0.2, 0.25) is 0 Å². The predicted molar refractivity (Wildman–Crippen MR) is 79.7 cm³/mol. The summed E-state index contributed by atoms with van der Waals surface area (Å²) in [7, 11) is 1.75. The molecule has 1 unspecified atom stereocenters. The molecule has 0 bridgehead atoms. The number of amides is 2. The van der Waals surface area contributed by atoms with E-state index in [0.717, 1.165) is 5.52 Å². The second kappa shape index (κ2) is 5.40. The normalized spacial score (nSPS) is 18.2. The number of nitrogens with one attached hydrogen (secondary N) is 1. The van der Waals surface area contributed by atoms with E-state index in [1.54, 1.807) is 22.6 Å². The molecular formula is C15H17FN4O2. The Morgan fingerprint density at radius 2 is 2.27 bits per heavy atom. The lowest BCUT2D eigenvalue weighted by Gasteiger charge is -2.13. The lowest BCUT2D eigenvalue weighted by atomic mass is 10.1. The summed E-state index contributed by atoms with van der Waals surface area (Å²) in [4.78, 5) is 29.9. The molecule has 22 heavy (non-hydrogen) atoms. The first kappa shape index (κ1) is 14.5. The molecule has 1 N–H and O–H groups in total. The molecule has 2 amide bonds. The van der Waals surface area contributed by atoms with Gasteiger partial charge in [0.05, 0.1) is 17.0 Å². The molecule has 1 saturated heterocycles. The standard InChI is InChI=1S/C15H17FN4O2/c1-3-20-8-9(6-13(20)21)14(22)18-15-17-11-7-10(16)4-5-12(11)19(15)2/h4-5,7,9H,3,6,8H2,1-2H3,(H,17,18,22). The Hall–Kier alpha value is -2.44. The van der Waals surface area contributed by atoms with Crippen molar-refractivity contribution in [1.82, 2.24) is 14.5 Å². The van der Waals surface area contributed by atoms with Crippen molar-refractivity contribution in [3.63, 3.8) is 0 Å². The third kappa shape index (κ3) is 2.43. The fourth-order valence-corrected chi connectivity index (χ4v) is 2.75. The summed E-state index contributed by atoms with van der Waals surface area (Å²) in [6.07, 6.45) is 0.220. The highest BCUT2D eigenvalue weighted by Crippen LogP contribution is 2.22. The number of rotatable bonds is 3. The van der Waals surface area contributed by atoms with Gasteiger partial charge in [0.15, 0.2) is 0 Å². The first-order chi connectivity index (χ1) is 10.5. The van der Waals surface area contributed by atoms with Crippen molar-refractivity contribution in [1.29, 1.82) is 0 Å². The van der Waals surface area contributed by atoms with Crippen LogP contribution in [-0.2, 0) is 16.6 Å². The van der Waals surface area contributed by atoms with Gasteiger partial charge in [-0.25, -0.2) is 9.37 Å². The molecule has 7 heteroatoms. The Morgan fingerprint density at radius 1 is 1.50 bits per heavy atom. The zero-order valence-electron chi connectivity index (χ0n) is 12.5. The molecule has 0 radical (unpaired) electrons. The maximum absolute atomic E-state index is 13.2. The number of fused-ring (bicyclic) bond motifs is 1. The highest BCUT2D eigenvalue weighted by atomic mass is 19.1. The lowest BCUT2D eigenvalue weighted by Crippen LogP contribution is -2.28. The fraction of sp³-hybridized carbons (Fsp3) is 0.400. The number of nitrogens with zero attached hydrogens (tertiary/aromatic N) is 3. The summed E-state index contributed by atoms with van der Waals surface area (Å²) in [5.74, 6) is -0.627. The van der Waals surface area contributed by atoms with E-state index in [-0.39, 0.29) is 30.0 Å². The van der Waals surface area contributed by atoms with Gasteiger partial charge in [0.1, 0.15) is 5.82 Å². The third-order valence-corrected chi connectivity index (χ3v) is 4.04. The average molecular weight is 304 g/mol. The SMILES string of the molecule is CCN1CC(C(=O)Nc2nc3cc(F)ccc3n2C)CC1=O. The van der Waals surface area contributed by atoms with Crippen molar-refractivity contribution in [3.8, 4) is 0 Å². The van der Waals surface area contributed by atoms with Crippen molar-refractivity contribution >= 4 is 28.8 Å². The van der Waals surface area contributed by atoms with Crippen LogP contribution < -0.4 is 5.32 Å². The maximum atomic E-state index is 13.2. The molecule has 1 atom stereocenters. The van der Waals surface area contributed by atoms with Crippen LogP contribution in [0, 0.1) is 11.7 Å². The van der Waals surface area contributed by atoms with Gasteiger partial charge in [0, 0.05) is 32.6 Å². The second-order valence-electron chi connectivity index (χ2n) is 5.45. The number of likely N-dealkylation sites (tertiary alicyclic amines) is 1. The highest BCUT2D eigenvalue weighted by molar-refractivity contribution is 5.97. The number of aryl methyl sites for hydroxylation is 1. The van der Waals surface area contributed by atoms with Crippen LogP contribution in [0.3, 0.4) is 0 Å². The minimum Gasteiger partial charge on any atom is -0.342 e. The number of benzene rings is 1. The van der Waals surface area contributed by atoms with E-state index < -0.39 is 0 Å². The summed E-state index contributed by atoms with van der Waals surface area (Å²) in [5.41, 5.74) is 1.21. The number of hydrogen-bond acceptors (Lipinski definition) is 3. The van der Waals surface area contributed by atoms with Crippen LogP contribution in [0.5, 0.6) is 0 Å². The average Bonchev–Trinajstić information content (AvgIpc) is 3.00. The van der Waals surface area contributed by atoms with Gasteiger partial charge in [-0.2, -0.15) is 0 Å². The van der Waals surface area contributed by atoms with E-state index in [2.05, 4.69) is 10.3 Å². The number of hydrogen-bond donors (Lipinski definition) is 1. The quantitative estimate of drug-likeness (QED) is 0.935. The van der Waals surface area contributed by atoms with E-state index >= 15 is 0 Å². The zero-order chi connectivity index (χ0) is 15.9. The van der Waals surface area contributed by atoms with Gasteiger partial charge in [-0.05, 0) is 19.1 Å². The van der Waals surface area contributed by atoms with E-state index in [1.165, 1.54) is 12.1 Å². The van der Waals surface area contributed by atoms with Gasteiger partial charge in [0.2, 0.25) is 17.8 Å². The molecule has 2 aromatic rings. The molecule has 2 heterocycles. The number of aromatic nitrogens is 2. The molecule has 6 nitrogen and oxygen atoms in total. The molecule has 116 valence electrons. The van der Waals surface area contributed by atoms with Gasteiger partial charge < -0.3 is 9.47 Å². The Kier molecular flexibility index (Phi) is 3.56. The predicted octanol–water partition coefficient (Wildman–Crippen LogP) is 1.52. The van der Waals surface area contributed by atoms with E-state index in [9.17, 15) is 14.0 Å². The Balaban J connectivity index is 1.80. The van der Waals surface area contributed by atoms with Crippen molar-refractivity contribution in [2.75, 3.05) is 18.4 Å². The molecule has 1 aromatic carbocycles. The van der Waals surface area contributed by atoms with Crippen molar-refractivity contribution in [3.05, 3.63) is 24.0 Å². The third-order valence-electron chi connectivity index (χ3n) is 4.04. The van der Waals surface area contributed by atoms with Crippen LogP contribution in [0.15, 0.2) is 18.2 Å². The molecule has 1 aliphatic rings. The van der Waals surface area contributed by atoms with Crippen LogP contribution in [0.25, 0.3) is 11.0 Å². The van der Waals surface area contributed by atoms with Crippen molar-refractivity contribution in [2.45, 2.75) is 13.3 Å². The summed E-state index contributed by atoms with van der Waals surface area (Å²) < 4.78 is 14.9. The first-order valence-corrected chi connectivity index (χ1v) is 7.20. The smallest absolute Gasteiger partial charge is 0.232 e. The molecule has 3 rings (SSSR count). The Bertz CT molecular complexity index is 755. The van der Waals surface area contributed by atoms with Crippen molar-refractivity contribution < 1.29 is 14.0 Å². The minimum absolute atomic E-state index is 0.00489. The number of carbonyl (C=O) groups is 2. The molecule has 1 aliphatic heterocycles. The van der Waals surface area contributed by atoms with E-state index in [0.29, 0.717) is 24.6 Å². The van der Waals surface area contributed by atoms with Gasteiger partial charge >= 0.3 is 0 Å². The highest BCUT2D eigenvalue weighted by Gasteiger charge is 2.33. The monoisotopic (exact) mass is 304 g/mol.